The van der Waals surface area contributed by atoms with Crippen LogP contribution in [0, 0.1) is 17.8 Å². The topological polar surface area (TPSA) is 0 Å². The summed E-state index contributed by atoms with van der Waals surface area (Å²) >= 11 is 9.68. The van der Waals surface area contributed by atoms with Crippen molar-refractivity contribution in [3.05, 3.63) is 36.5 Å². The molecule has 0 aliphatic carbocycles. The van der Waals surface area contributed by atoms with Crippen LogP contribution in [0.25, 0.3) is 0 Å². The molecule has 0 heterocycles. The summed E-state index contributed by atoms with van der Waals surface area (Å²) in [4.78, 5) is 0. The normalized spacial score (nSPS) is 20.4. The van der Waals surface area contributed by atoms with E-state index in [1.54, 1.807) is 0 Å². The first-order valence-electron chi connectivity index (χ1n) is 7.66. The Hall–Kier alpha value is -0.0800. The van der Waals surface area contributed by atoms with Gasteiger partial charge in [-0.25, -0.2) is 0 Å². The van der Waals surface area contributed by atoms with Crippen LogP contribution < -0.4 is 0 Å². The maximum absolute atomic E-state index is 4.87. The summed E-state index contributed by atoms with van der Waals surface area (Å²) in [7, 11) is 0. The van der Waals surface area contributed by atoms with Crippen molar-refractivity contribution in [2.75, 3.05) is 0 Å². The van der Waals surface area contributed by atoms with Gasteiger partial charge in [0.05, 0.1) is 0 Å². The van der Waals surface area contributed by atoms with E-state index in [9.17, 15) is 0 Å². The molecule has 0 saturated carbocycles. The molecule has 0 aromatic heterocycles. The molecule has 0 fully saturated rings. The second-order valence-corrected chi connectivity index (χ2v) is 7.15. The SMILES string of the molecule is C=C/C=C\[C@H](C)[C@H](S)[C@@H](C)[C@H](S)[C@@H](C)C/C(C)=C\CC. The molecule has 0 N–H and O–H groups in total. The van der Waals surface area contributed by atoms with E-state index in [-0.39, 0.29) is 0 Å². The van der Waals surface area contributed by atoms with E-state index in [4.69, 9.17) is 25.3 Å². The van der Waals surface area contributed by atoms with Crippen molar-refractivity contribution in [1.82, 2.24) is 0 Å². The Labute approximate surface area is 137 Å². The van der Waals surface area contributed by atoms with Gasteiger partial charge < -0.3 is 0 Å². The Kier molecular flexibility index (Phi) is 10.6. The van der Waals surface area contributed by atoms with E-state index in [2.05, 4.69) is 53.3 Å². The summed E-state index contributed by atoms with van der Waals surface area (Å²) in [6.07, 6.45) is 10.6. The highest BCUT2D eigenvalue weighted by atomic mass is 32.1. The zero-order valence-corrected chi connectivity index (χ0v) is 15.5. The maximum Gasteiger partial charge on any atom is 0.0113 e. The molecule has 116 valence electrons. The zero-order valence-electron chi connectivity index (χ0n) is 13.7. The van der Waals surface area contributed by atoms with Crippen LogP contribution in [0.5, 0.6) is 0 Å². The molecule has 0 saturated heterocycles. The first kappa shape index (κ1) is 19.9. The summed E-state index contributed by atoms with van der Waals surface area (Å²) in [5.74, 6) is 1.47. The van der Waals surface area contributed by atoms with Crippen LogP contribution in [0.1, 0.15) is 47.5 Å². The van der Waals surface area contributed by atoms with Crippen molar-refractivity contribution in [2.24, 2.45) is 17.8 Å². The molecule has 0 aromatic carbocycles. The van der Waals surface area contributed by atoms with Gasteiger partial charge in [-0.15, -0.1) is 0 Å². The lowest BCUT2D eigenvalue weighted by atomic mass is 9.85. The molecule has 0 aliphatic rings. The first-order valence-corrected chi connectivity index (χ1v) is 8.69. The van der Waals surface area contributed by atoms with Crippen LogP contribution in [0.3, 0.4) is 0 Å². The molecule has 2 heteroatoms. The molecule has 0 bridgehead atoms. The van der Waals surface area contributed by atoms with E-state index in [0.717, 1.165) is 12.8 Å². The second kappa shape index (κ2) is 10.6. The van der Waals surface area contributed by atoms with Crippen LogP contribution in [0.4, 0.5) is 0 Å². The highest BCUT2D eigenvalue weighted by molar-refractivity contribution is 7.82. The maximum atomic E-state index is 4.87. The standard InChI is InChI=1S/C18H32S2/c1-7-9-11-14(4)17(19)16(6)18(20)15(5)12-13(3)10-8-2/h7,9-11,14-20H,1,8,12H2,2-6H3/b11-9-,13-10-/t14-,15-,16+,17-,18+/m0/s1. The minimum atomic E-state index is 0.326. The summed E-state index contributed by atoms with van der Waals surface area (Å²) in [6, 6.07) is 0. The molecule has 0 nitrogen and oxygen atoms in total. The van der Waals surface area contributed by atoms with Gasteiger partial charge in [0.15, 0.2) is 0 Å². The van der Waals surface area contributed by atoms with Gasteiger partial charge in [0, 0.05) is 10.5 Å². The van der Waals surface area contributed by atoms with Crippen LogP contribution in [0.15, 0.2) is 36.5 Å². The minimum Gasteiger partial charge on any atom is -0.175 e. The lowest BCUT2D eigenvalue weighted by Crippen LogP contribution is -2.31. The van der Waals surface area contributed by atoms with Gasteiger partial charge in [-0.1, -0.05) is 64.2 Å². The fourth-order valence-corrected chi connectivity index (χ4v) is 3.34. The number of rotatable bonds is 9. The summed E-state index contributed by atoms with van der Waals surface area (Å²) in [5.41, 5.74) is 1.47. The van der Waals surface area contributed by atoms with E-state index >= 15 is 0 Å². The number of allylic oxidation sites excluding steroid dienone is 5. The highest BCUT2D eigenvalue weighted by Gasteiger charge is 2.27. The lowest BCUT2D eigenvalue weighted by molar-refractivity contribution is 0.393. The lowest BCUT2D eigenvalue weighted by Gasteiger charge is -2.32. The van der Waals surface area contributed by atoms with Gasteiger partial charge in [-0.05, 0) is 37.5 Å². The average Bonchev–Trinajstić information content (AvgIpc) is 2.42. The predicted octanol–water partition coefficient (Wildman–Crippen LogP) is 5.98. The summed E-state index contributed by atoms with van der Waals surface area (Å²) < 4.78 is 0. The fourth-order valence-electron chi connectivity index (χ4n) is 2.63. The van der Waals surface area contributed by atoms with Gasteiger partial charge in [-0.2, -0.15) is 25.3 Å². The number of hydrogen-bond acceptors (Lipinski definition) is 2. The monoisotopic (exact) mass is 312 g/mol. The Morgan fingerprint density at radius 3 is 2.25 bits per heavy atom. The molecule has 0 aliphatic heterocycles. The first-order chi connectivity index (χ1) is 9.34. The van der Waals surface area contributed by atoms with E-state index < -0.39 is 0 Å². The summed E-state index contributed by atoms with van der Waals surface area (Å²) in [5, 5.41) is 0.698. The van der Waals surface area contributed by atoms with Crippen molar-refractivity contribution in [2.45, 2.75) is 58.0 Å². The Balaban J connectivity index is 4.58. The number of hydrogen-bond donors (Lipinski definition) is 2. The second-order valence-electron chi connectivity index (χ2n) is 5.96. The van der Waals surface area contributed by atoms with Gasteiger partial charge in [-0.3, -0.25) is 0 Å². The molecule has 20 heavy (non-hydrogen) atoms. The Bertz CT molecular complexity index is 330. The predicted molar refractivity (Wildman–Crippen MR) is 101 cm³/mol. The largest absolute Gasteiger partial charge is 0.175 e. The van der Waals surface area contributed by atoms with Crippen LogP contribution in [0.2, 0.25) is 0 Å². The molecule has 0 unspecified atom stereocenters. The van der Waals surface area contributed by atoms with E-state index in [1.165, 1.54) is 5.57 Å². The third-order valence-corrected chi connectivity index (χ3v) is 5.87. The van der Waals surface area contributed by atoms with Crippen LogP contribution in [-0.2, 0) is 0 Å². The molecular weight excluding hydrogens is 280 g/mol. The van der Waals surface area contributed by atoms with Gasteiger partial charge in [0.2, 0.25) is 0 Å². The summed E-state index contributed by atoms with van der Waals surface area (Å²) in [6.45, 7) is 14.9. The smallest absolute Gasteiger partial charge is 0.0113 e. The average molecular weight is 313 g/mol. The van der Waals surface area contributed by atoms with Crippen molar-refractivity contribution in [3.8, 4) is 0 Å². The van der Waals surface area contributed by atoms with Gasteiger partial charge in [0.25, 0.3) is 0 Å². The van der Waals surface area contributed by atoms with Gasteiger partial charge in [0.1, 0.15) is 0 Å². The Morgan fingerprint density at radius 1 is 1.15 bits per heavy atom. The van der Waals surface area contributed by atoms with Gasteiger partial charge >= 0.3 is 0 Å². The van der Waals surface area contributed by atoms with Crippen molar-refractivity contribution in [3.63, 3.8) is 0 Å². The molecule has 0 spiro atoms. The third kappa shape index (κ3) is 7.08. The Morgan fingerprint density at radius 2 is 1.75 bits per heavy atom. The van der Waals surface area contributed by atoms with E-state index in [0.29, 0.717) is 28.3 Å². The van der Waals surface area contributed by atoms with Crippen molar-refractivity contribution >= 4 is 25.3 Å². The molecular formula is C18H32S2. The zero-order chi connectivity index (χ0) is 15.7. The van der Waals surface area contributed by atoms with Crippen molar-refractivity contribution < 1.29 is 0 Å². The molecule has 0 rings (SSSR count). The highest BCUT2D eigenvalue weighted by Crippen LogP contribution is 2.32. The van der Waals surface area contributed by atoms with Crippen LogP contribution in [-0.4, -0.2) is 10.5 Å². The molecule has 0 amide bonds. The fraction of sp³-hybridized carbons (Fsp3) is 0.667. The van der Waals surface area contributed by atoms with Crippen LogP contribution >= 0.6 is 25.3 Å². The quantitative estimate of drug-likeness (QED) is 0.292. The minimum absolute atomic E-state index is 0.326. The van der Waals surface area contributed by atoms with Crippen molar-refractivity contribution in [1.29, 1.82) is 0 Å². The molecule has 0 radical (unpaired) electrons. The third-order valence-electron chi connectivity index (χ3n) is 3.95. The molecule has 0 aromatic rings. The van der Waals surface area contributed by atoms with E-state index in [1.807, 2.05) is 12.2 Å². The number of thiol groups is 2. The molecule has 5 atom stereocenters.